The number of halogens is 1. The highest BCUT2D eigenvalue weighted by Gasteiger charge is 2.05. The van der Waals surface area contributed by atoms with E-state index in [-0.39, 0.29) is 0 Å². The highest BCUT2D eigenvalue weighted by molar-refractivity contribution is 8.01. The number of aldehydes is 1. The Bertz CT molecular complexity index is 527. The fraction of sp³-hybridized carbons (Fsp3) is 0.100. The van der Waals surface area contributed by atoms with E-state index >= 15 is 0 Å². The van der Waals surface area contributed by atoms with Crippen LogP contribution in [-0.4, -0.2) is 15.6 Å². The van der Waals surface area contributed by atoms with Crippen LogP contribution in [0.1, 0.15) is 16.2 Å². The summed E-state index contributed by atoms with van der Waals surface area (Å²) in [5, 5.41) is 0.459. The van der Waals surface area contributed by atoms with Gasteiger partial charge in [-0.3, -0.25) is 4.79 Å². The standard InChI is InChI=1S/C10H7ClN2OS2/c1-6-12-10(16-13-6)15-8-3-2-7(5-14)9(11)4-8/h2-5H,1H3. The third-order valence-corrected chi connectivity index (χ3v) is 3.97. The molecular formula is C10H7ClN2OS2. The molecular weight excluding hydrogens is 264 g/mol. The second-order valence-electron chi connectivity index (χ2n) is 3.01. The fourth-order valence-electron chi connectivity index (χ4n) is 1.09. The van der Waals surface area contributed by atoms with Crippen LogP contribution >= 0.6 is 34.9 Å². The zero-order chi connectivity index (χ0) is 11.5. The Hall–Kier alpha value is -0.910. The van der Waals surface area contributed by atoms with Gasteiger partial charge in [0.25, 0.3) is 0 Å². The summed E-state index contributed by atoms with van der Waals surface area (Å²) in [6, 6.07) is 5.30. The Balaban J connectivity index is 2.22. The largest absolute Gasteiger partial charge is 0.298 e. The van der Waals surface area contributed by atoms with Crippen molar-refractivity contribution in [2.24, 2.45) is 0 Å². The number of carbonyl (C=O) groups excluding carboxylic acids is 1. The van der Waals surface area contributed by atoms with Crippen molar-refractivity contribution < 1.29 is 4.79 Å². The summed E-state index contributed by atoms with van der Waals surface area (Å²) < 4.78 is 4.96. The molecule has 0 saturated heterocycles. The molecule has 0 amide bonds. The lowest BCUT2D eigenvalue weighted by atomic mass is 10.2. The number of rotatable bonds is 3. The second kappa shape index (κ2) is 4.95. The van der Waals surface area contributed by atoms with Crippen LogP contribution in [0.3, 0.4) is 0 Å². The normalized spacial score (nSPS) is 10.4. The van der Waals surface area contributed by atoms with E-state index < -0.39 is 0 Å². The SMILES string of the molecule is Cc1nsc(Sc2ccc(C=O)c(Cl)c2)n1. The predicted octanol–water partition coefficient (Wildman–Crippen LogP) is 3.46. The van der Waals surface area contributed by atoms with E-state index in [0.29, 0.717) is 10.6 Å². The zero-order valence-corrected chi connectivity index (χ0v) is 10.7. The molecule has 6 heteroatoms. The molecule has 0 radical (unpaired) electrons. The average Bonchev–Trinajstić information content (AvgIpc) is 2.64. The second-order valence-corrected chi connectivity index (χ2v) is 5.49. The number of nitrogens with zero attached hydrogens (tertiary/aromatic N) is 2. The van der Waals surface area contributed by atoms with Gasteiger partial charge in [0.15, 0.2) is 10.6 Å². The monoisotopic (exact) mass is 270 g/mol. The maximum absolute atomic E-state index is 10.6. The number of benzene rings is 1. The molecule has 2 aromatic rings. The minimum absolute atomic E-state index is 0.459. The molecule has 2 rings (SSSR count). The summed E-state index contributed by atoms with van der Waals surface area (Å²) in [4.78, 5) is 15.8. The summed E-state index contributed by atoms with van der Waals surface area (Å²) in [7, 11) is 0. The minimum Gasteiger partial charge on any atom is -0.298 e. The molecule has 1 heterocycles. The van der Waals surface area contributed by atoms with E-state index in [1.54, 1.807) is 12.1 Å². The number of aryl methyl sites for hydroxylation is 1. The first-order valence-corrected chi connectivity index (χ1v) is 6.39. The molecule has 0 aliphatic carbocycles. The van der Waals surface area contributed by atoms with Crippen molar-refractivity contribution in [2.75, 3.05) is 0 Å². The van der Waals surface area contributed by atoms with Crippen LogP contribution in [0.25, 0.3) is 0 Å². The van der Waals surface area contributed by atoms with Gasteiger partial charge in [0.2, 0.25) is 0 Å². The van der Waals surface area contributed by atoms with Gasteiger partial charge in [0.05, 0.1) is 5.02 Å². The van der Waals surface area contributed by atoms with Crippen molar-refractivity contribution in [3.05, 3.63) is 34.6 Å². The number of carbonyl (C=O) groups is 1. The van der Waals surface area contributed by atoms with Crippen LogP contribution in [0.2, 0.25) is 5.02 Å². The van der Waals surface area contributed by atoms with Gasteiger partial charge < -0.3 is 0 Å². The quantitative estimate of drug-likeness (QED) is 0.801. The molecule has 0 unspecified atom stereocenters. The summed E-state index contributed by atoms with van der Waals surface area (Å²) in [6.45, 7) is 1.85. The Kier molecular flexibility index (Phi) is 3.58. The summed E-state index contributed by atoms with van der Waals surface area (Å²) in [6.07, 6.45) is 0.742. The molecule has 0 spiro atoms. The average molecular weight is 271 g/mol. The van der Waals surface area contributed by atoms with Crippen LogP contribution in [-0.2, 0) is 0 Å². The summed E-state index contributed by atoms with van der Waals surface area (Å²) in [5.74, 6) is 0.767. The molecule has 1 aromatic heterocycles. The molecule has 0 atom stereocenters. The lowest BCUT2D eigenvalue weighted by molar-refractivity contribution is 0.112. The van der Waals surface area contributed by atoms with Gasteiger partial charge in [0.1, 0.15) is 5.82 Å². The van der Waals surface area contributed by atoms with Gasteiger partial charge in [-0.15, -0.1) is 0 Å². The molecule has 0 N–H and O–H groups in total. The van der Waals surface area contributed by atoms with Gasteiger partial charge in [-0.1, -0.05) is 23.4 Å². The smallest absolute Gasteiger partial charge is 0.174 e. The van der Waals surface area contributed by atoms with Crippen LogP contribution < -0.4 is 0 Å². The molecule has 3 nitrogen and oxygen atoms in total. The topological polar surface area (TPSA) is 42.9 Å². The van der Waals surface area contributed by atoms with Crippen molar-refractivity contribution in [2.45, 2.75) is 16.2 Å². The lowest BCUT2D eigenvalue weighted by Crippen LogP contribution is -1.82. The number of aromatic nitrogens is 2. The fourth-order valence-corrected chi connectivity index (χ4v) is 3.04. The van der Waals surface area contributed by atoms with Gasteiger partial charge in [0, 0.05) is 10.5 Å². The molecule has 0 bridgehead atoms. The van der Waals surface area contributed by atoms with Crippen molar-refractivity contribution in [1.82, 2.24) is 9.36 Å². The molecule has 82 valence electrons. The third-order valence-electron chi connectivity index (χ3n) is 1.81. The van der Waals surface area contributed by atoms with Crippen molar-refractivity contribution >= 4 is 41.2 Å². The summed E-state index contributed by atoms with van der Waals surface area (Å²) >= 11 is 8.76. The van der Waals surface area contributed by atoms with Gasteiger partial charge in [-0.05, 0) is 36.7 Å². The Morgan fingerprint density at radius 1 is 1.50 bits per heavy atom. The first kappa shape index (κ1) is 11.6. The van der Waals surface area contributed by atoms with E-state index in [0.717, 1.165) is 21.3 Å². The van der Waals surface area contributed by atoms with Gasteiger partial charge >= 0.3 is 0 Å². The Morgan fingerprint density at radius 3 is 2.88 bits per heavy atom. The highest BCUT2D eigenvalue weighted by atomic mass is 35.5. The van der Waals surface area contributed by atoms with E-state index in [4.69, 9.17) is 11.6 Å². The van der Waals surface area contributed by atoms with Crippen molar-refractivity contribution in [3.63, 3.8) is 0 Å². The van der Waals surface area contributed by atoms with E-state index in [9.17, 15) is 4.79 Å². The zero-order valence-electron chi connectivity index (χ0n) is 8.31. The Morgan fingerprint density at radius 2 is 2.31 bits per heavy atom. The first-order chi connectivity index (χ1) is 7.69. The lowest BCUT2D eigenvalue weighted by Gasteiger charge is -1.99. The molecule has 1 aromatic carbocycles. The van der Waals surface area contributed by atoms with E-state index in [1.807, 2.05) is 13.0 Å². The maximum atomic E-state index is 10.6. The van der Waals surface area contributed by atoms with Crippen molar-refractivity contribution in [1.29, 1.82) is 0 Å². The molecule has 0 aliphatic rings. The third kappa shape index (κ3) is 2.61. The molecule has 16 heavy (non-hydrogen) atoms. The number of hydrogen-bond donors (Lipinski definition) is 0. The maximum Gasteiger partial charge on any atom is 0.174 e. The Labute approximate surface area is 106 Å². The van der Waals surface area contributed by atoms with Crippen LogP contribution in [0, 0.1) is 6.92 Å². The van der Waals surface area contributed by atoms with E-state index in [1.165, 1.54) is 23.3 Å². The number of hydrogen-bond acceptors (Lipinski definition) is 5. The summed E-state index contributed by atoms with van der Waals surface area (Å²) in [5.41, 5.74) is 0.500. The molecule has 0 fully saturated rings. The van der Waals surface area contributed by atoms with E-state index in [2.05, 4.69) is 9.36 Å². The van der Waals surface area contributed by atoms with Crippen LogP contribution in [0.15, 0.2) is 27.4 Å². The van der Waals surface area contributed by atoms with Crippen LogP contribution in [0.5, 0.6) is 0 Å². The first-order valence-electron chi connectivity index (χ1n) is 4.42. The highest BCUT2D eigenvalue weighted by Crippen LogP contribution is 2.31. The minimum atomic E-state index is 0.459. The molecule has 0 saturated carbocycles. The molecule has 0 aliphatic heterocycles. The van der Waals surface area contributed by atoms with Crippen molar-refractivity contribution in [3.8, 4) is 0 Å². The predicted molar refractivity (Wildman–Crippen MR) is 65.6 cm³/mol. The van der Waals surface area contributed by atoms with Gasteiger partial charge in [-0.25, -0.2) is 4.98 Å². The van der Waals surface area contributed by atoms with Gasteiger partial charge in [-0.2, -0.15) is 4.37 Å². The van der Waals surface area contributed by atoms with Crippen LogP contribution in [0.4, 0.5) is 0 Å².